The topological polar surface area (TPSA) is 49.1 Å². The highest BCUT2D eigenvalue weighted by Crippen LogP contribution is 2.31. The molecule has 1 heterocycles. The maximum atomic E-state index is 14.4. The van der Waals surface area contributed by atoms with Gasteiger partial charge >= 0.3 is 0 Å². The Bertz CT molecular complexity index is 861. The molecule has 0 saturated heterocycles. The molecule has 126 valence electrons. The van der Waals surface area contributed by atoms with E-state index in [1.807, 2.05) is 31.4 Å². The number of hydrogen-bond donors (Lipinski definition) is 3. The van der Waals surface area contributed by atoms with Crippen molar-refractivity contribution in [3.8, 4) is 5.75 Å². The number of rotatable bonds is 6. The summed E-state index contributed by atoms with van der Waals surface area (Å²) in [6.07, 6.45) is 1.94. The quantitative estimate of drug-likeness (QED) is 0.631. The Balaban J connectivity index is 1.91. The van der Waals surface area contributed by atoms with E-state index in [2.05, 4.69) is 15.6 Å². The number of halogens is 2. The zero-order valence-electron chi connectivity index (χ0n) is 13.5. The van der Waals surface area contributed by atoms with Crippen LogP contribution in [0.2, 0.25) is 0 Å². The van der Waals surface area contributed by atoms with Gasteiger partial charge in [-0.05, 0) is 43.8 Å². The molecule has 0 bridgehead atoms. The molecule has 0 unspecified atom stereocenters. The number of H-pyrrole nitrogens is 1. The van der Waals surface area contributed by atoms with E-state index in [9.17, 15) is 8.78 Å². The molecule has 0 spiro atoms. The molecular weight excluding hydrogens is 312 g/mol. The van der Waals surface area contributed by atoms with Crippen molar-refractivity contribution in [3.05, 3.63) is 53.7 Å². The third-order valence-electron chi connectivity index (χ3n) is 3.75. The fourth-order valence-corrected chi connectivity index (χ4v) is 2.66. The summed E-state index contributed by atoms with van der Waals surface area (Å²) >= 11 is 0. The standard InChI is InChI=1S/C18H19F2N3O/c1-3-24-18-14(19)6-7-15(17(18)20)23-12-4-5-13-11(9-21-2)10-22-16(13)8-12/h4-8,10,21-23H,3,9H2,1-2H3. The minimum Gasteiger partial charge on any atom is -0.488 e. The minimum atomic E-state index is -0.737. The van der Waals surface area contributed by atoms with Crippen LogP contribution < -0.4 is 15.4 Å². The molecule has 0 atom stereocenters. The molecule has 0 amide bonds. The van der Waals surface area contributed by atoms with Crippen LogP contribution in [0.3, 0.4) is 0 Å². The Labute approximate surface area is 138 Å². The lowest BCUT2D eigenvalue weighted by Crippen LogP contribution is -2.04. The molecule has 1 aromatic heterocycles. The van der Waals surface area contributed by atoms with Gasteiger partial charge in [-0.25, -0.2) is 8.78 Å². The second kappa shape index (κ2) is 6.88. The summed E-state index contributed by atoms with van der Waals surface area (Å²) in [6.45, 7) is 2.64. The highest BCUT2D eigenvalue weighted by Gasteiger charge is 2.15. The number of benzene rings is 2. The first kappa shape index (κ1) is 16.3. The van der Waals surface area contributed by atoms with Crippen LogP contribution in [0.1, 0.15) is 12.5 Å². The number of aromatic nitrogens is 1. The smallest absolute Gasteiger partial charge is 0.192 e. The summed E-state index contributed by atoms with van der Waals surface area (Å²) in [5, 5.41) is 7.19. The van der Waals surface area contributed by atoms with Gasteiger partial charge in [0.1, 0.15) is 0 Å². The molecule has 0 radical (unpaired) electrons. The maximum Gasteiger partial charge on any atom is 0.192 e. The Morgan fingerprint density at radius 1 is 1.17 bits per heavy atom. The molecule has 24 heavy (non-hydrogen) atoms. The third-order valence-corrected chi connectivity index (χ3v) is 3.75. The largest absolute Gasteiger partial charge is 0.488 e. The molecule has 0 saturated carbocycles. The van der Waals surface area contributed by atoms with E-state index < -0.39 is 11.6 Å². The van der Waals surface area contributed by atoms with Crippen LogP contribution in [0.4, 0.5) is 20.2 Å². The highest BCUT2D eigenvalue weighted by molar-refractivity contribution is 5.87. The maximum absolute atomic E-state index is 14.4. The average molecular weight is 331 g/mol. The van der Waals surface area contributed by atoms with Gasteiger partial charge in [0.15, 0.2) is 17.4 Å². The van der Waals surface area contributed by atoms with Gasteiger partial charge in [-0.3, -0.25) is 0 Å². The Morgan fingerprint density at radius 3 is 2.75 bits per heavy atom. The SMILES string of the molecule is CCOc1c(F)ccc(Nc2ccc3c(CNC)c[nH]c3c2)c1F. The number of anilines is 2. The highest BCUT2D eigenvalue weighted by atomic mass is 19.1. The fraction of sp³-hybridized carbons (Fsp3) is 0.222. The first-order chi connectivity index (χ1) is 11.6. The predicted molar refractivity (Wildman–Crippen MR) is 91.9 cm³/mol. The Hall–Kier alpha value is -2.60. The van der Waals surface area contributed by atoms with E-state index >= 15 is 0 Å². The van der Waals surface area contributed by atoms with Gasteiger partial charge in [-0.15, -0.1) is 0 Å². The van der Waals surface area contributed by atoms with Gasteiger partial charge in [0.2, 0.25) is 0 Å². The van der Waals surface area contributed by atoms with Crippen LogP contribution in [-0.2, 0) is 6.54 Å². The molecule has 3 N–H and O–H groups in total. The van der Waals surface area contributed by atoms with Crippen molar-refractivity contribution in [1.82, 2.24) is 10.3 Å². The molecule has 4 nitrogen and oxygen atoms in total. The van der Waals surface area contributed by atoms with E-state index in [-0.39, 0.29) is 18.0 Å². The molecule has 6 heteroatoms. The van der Waals surface area contributed by atoms with Crippen molar-refractivity contribution in [2.24, 2.45) is 0 Å². The normalized spacial score (nSPS) is 11.0. The number of fused-ring (bicyclic) bond motifs is 1. The van der Waals surface area contributed by atoms with Crippen LogP contribution >= 0.6 is 0 Å². The lowest BCUT2D eigenvalue weighted by Gasteiger charge is -2.12. The molecule has 2 aromatic carbocycles. The van der Waals surface area contributed by atoms with E-state index in [0.29, 0.717) is 5.69 Å². The van der Waals surface area contributed by atoms with Gasteiger partial charge < -0.3 is 20.4 Å². The van der Waals surface area contributed by atoms with Gasteiger partial charge in [0.05, 0.1) is 12.3 Å². The van der Waals surface area contributed by atoms with Crippen molar-refractivity contribution < 1.29 is 13.5 Å². The first-order valence-corrected chi connectivity index (χ1v) is 7.76. The number of nitrogens with one attached hydrogen (secondary N) is 3. The van der Waals surface area contributed by atoms with Gasteiger partial charge in [-0.1, -0.05) is 6.07 Å². The monoisotopic (exact) mass is 331 g/mol. The zero-order valence-corrected chi connectivity index (χ0v) is 13.5. The van der Waals surface area contributed by atoms with Crippen molar-refractivity contribution in [2.45, 2.75) is 13.5 Å². The second-order valence-electron chi connectivity index (χ2n) is 5.40. The molecule has 0 aliphatic heterocycles. The average Bonchev–Trinajstić information content (AvgIpc) is 2.97. The summed E-state index contributed by atoms with van der Waals surface area (Å²) in [6, 6.07) is 8.26. The molecule has 0 aliphatic carbocycles. The van der Waals surface area contributed by atoms with Crippen molar-refractivity contribution in [3.63, 3.8) is 0 Å². The molecule has 3 rings (SSSR count). The van der Waals surface area contributed by atoms with Crippen molar-refractivity contribution in [2.75, 3.05) is 19.0 Å². The lowest BCUT2D eigenvalue weighted by atomic mass is 10.1. The zero-order chi connectivity index (χ0) is 17.1. The van der Waals surface area contributed by atoms with Crippen LogP contribution in [0.25, 0.3) is 10.9 Å². The first-order valence-electron chi connectivity index (χ1n) is 7.76. The van der Waals surface area contributed by atoms with Crippen LogP contribution in [-0.4, -0.2) is 18.6 Å². The fourth-order valence-electron chi connectivity index (χ4n) is 2.66. The van der Waals surface area contributed by atoms with Gasteiger partial charge in [0.25, 0.3) is 0 Å². The van der Waals surface area contributed by atoms with Crippen molar-refractivity contribution in [1.29, 1.82) is 0 Å². The van der Waals surface area contributed by atoms with E-state index in [4.69, 9.17) is 4.74 Å². The van der Waals surface area contributed by atoms with Crippen LogP contribution in [0.5, 0.6) is 5.75 Å². The number of aromatic amines is 1. The summed E-state index contributed by atoms with van der Waals surface area (Å²) in [5.41, 5.74) is 2.97. The Kier molecular flexibility index (Phi) is 4.66. The minimum absolute atomic E-state index is 0.168. The molecule has 3 aromatic rings. The predicted octanol–water partition coefficient (Wildman–Crippen LogP) is 4.31. The van der Waals surface area contributed by atoms with Gasteiger partial charge in [-0.2, -0.15) is 0 Å². The summed E-state index contributed by atoms with van der Waals surface area (Å²) in [4.78, 5) is 3.20. The summed E-state index contributed by atoms with van der Waals surface area (Å²) < 4.78 is 33.1. The molecular formula is C18H19F2N3O. The van der Waals surface area contributed by atoms with E-state index in [1.54, 1.807) is 6.92 Å². The molecule has 0 aliphatic rings. The molecule has 0 fully saturated rings. The number of hydrogen-bond acceptors (Lipinski definition) is 3. The second-order valence-corrected chi connectivity index (χ2v) is 5.40. The van der Waals surface area contributed by atoms with Gasteiger partial charge in [0, 0.05) is 29.3 Å². The Morgan fingerprint density at radius 2 is 2.00 bits per heavy atom. The third kappa shape index (κ3) is 3.05. The van der Waals surface area contributed by atoms with Crippen LogP contribution in [0.15, 0.2) is 36.5 Å². The van der Waals surface area contributed by atoms with Crippen LogP contribution in [0, 0.1) is 11.6 Å². The van der Waals surface area contributed by atoms with Crippen molar-refractivity contribution >= 4 is 22.3 Å². The summed E-state index contributed by atoms with van der Waals surface area (Å²) in [7, 11) is 1.89. The summed E-state index contributed by atoms with van der Waals surface area (Å²) in [5.74, 6) is -1.81. The van der Waals surface area contributed by atoms with E-state index in [1.165, 1.54) is 12.1 Å². The lowest BCUT2D eigenvalue weighted by molar-refractivity contribution is 0.303. The van der Waals surface area contributed by atoms with E-state index in [0.717, 1.165) is 23.0 Å². The number of ether oxygens (including phenoxy) is 1.